The molecule has 2 aromatic rings. The lowest BCUT2D eigenvalue weighted by atomic mass is 10.1. The summed E-state index contributed by atoms with van der Waals surface area (Å²) in [5.74, 6) is 2.50. The van der Waals surface area contributed by atoms with E-state index < -0.39 is 0 Å². The minimum Gasteiger partial charge on any atom is -0.497 e. The fourth-order valence-corrected chi connectivity index (χ4v) is 3.51. The summed E-state index contributed by atoms with van der Waals surface area (Å²) in [5.41, 5.74) is 3.55. The third-order valence-electron chi connectivity index (χ3n) is 4.79. The largest absolute Gasteiger partial charge is 0.497 e. The number of benzene rings is 1. The Kier molecular flexibility index (Phi) is 4.06. The summed E-state index contributed by atoms with van der Waals surface area (Å²) in [5, 5.41) is 0. The van der Waals surface area contributed by atoms with Crippen molar-refractivity contribution < 1.29 is 9.47 Å². The summed E-state index contributed by atoms with van der Waals surface area (Å²) in [4.78, 5) is 10.8. The predicted molar refractivity (Wildman–Crippen MR) is 88.5 cm³/mol. The summed E-state index contributed by atoms with van der Waals surface area (Å²) < 4.78 is 10.8. The van der Waals surface area contributed by atoms with Crippen molar-refractivity contribution in [3.05, 3.63) is 35.7 Å². The maximum atomic E-state index is 5.49. The van der Waals surface area contributed by atoms with Gasteiger partial charge < -0.3 is 14.5 Å². The minimum absolute atomic E-state index is 0.692. The lowest BCUT2D eigenvalue weighted by molar-refractivity contribution is 0.161. The van der Waals surface area contributed by atoms with E-state index in [1.165, 1.54) is 17.8 Å². The van der Waals surface area contributed by atoms with Gasteiger partial charge in [0.1, 0.15) is 11.6 Å². The second kappa shape index (κ2) is 6.34. The van der Waals surface area contributed by atoms with E-state index in [9.17, 15) is 0 Å². The highest BCUT2D eigenvalue weighted by atomic mass is 16.5. The predicted octanol–water partition coefficient (Wildman–Crippen LogP) is 2.48. The van der Waals surface area contributed by atoms with Gasteiger partial charge in [0.05, 0.1) is 25.1 Å². The van der Waals surface area contributed by atoms with E-state index in [0.717, 1.165) is 56.4 Å². The molecule has 0 aliphatic carbocycles. The number of fused-ring (bicyclic) bond motifs is 1. The van der Waals surface area contributed by atoms with E-state index in [1.54, 1.807) is 7.11 Å². The normalized spacial score (nSPS) is 21.3. The average molecular weight is 313 g/mol. The van der Waals surface area contributed by atoms with Gasteiger partial charge in [-0.05, 0) is 24.5 Å². The van der Waals surface area contributed by atoms with Gasteiger partial charge in [-0.1, -0.05) is 12.1 Å². The van der Waals surface area contributed by atoms with Gasteiger partial charge in [0, 0.05) is 38.2 Å². The van der Waals surface area contributed by atoms with Gasteiger partial charge in [-0.15, -0.1) is 0 Å². The Morgan fingerprint density at radius 3 is 3.22 bits per heavy atom. The smallest absolute Gasteiger partial charge is 0.137 e. The van der Waals surface area contributed by atoms with Crippen molar-refractivity contribution in [2.24, 2.45) is 5.92 Å². The fraction of sp³-hybridized carbons (Fsp3) is 0.500. The highest BCUT2D eigenvalue weighted by Gasteiger charge is 2.24. The van der Waals surface area contributed by atoms with E-state index in [1.807, 2.05) is 18.2 Å². The Morgan fingerprint density at radius 2 is 2.39 bits per heavy atom. The van der Waals surface area contributed by atoms with Crippen LogP contribution < -0.4 is 4.74 Å². The number of ether oxygens (including phenoxy) is 2. The molecule has 1 fully saturated rings. The molecule has 2 aliphatic rings. The Balaban J connectivity index is 1.50. The Labute approximate surface area is 136 Å². The number of nitrogens with zero attached hydrogens (tertiary/aromatic N) is 2. The maximum Gasteiger partial charge on any atom is 0.137 e. The number of rotatable bonds is 4. The fourth-order valence-electron chi connectivity index (χ4n) is 3.51. The molecule has 1 saturated heterocycles. The van der Waals surface area contributed by atoms with Gasteiger partial charge in [-0.25, -0.2) is 4.98 Å². The number of H-pyrrole nitrogens is 1. The zero-order valence-corrected chi connectivity index (χ0v) is 13.5. The van der Waals surface area contributed by atoms with Crippen LogP contribution in [0, 0.1) is 5.92 Å². The van der Waals surface area contributed by atoms with Gasteiger partial charge in [0.25, 0.3) is 0 Å². The molecule has 1 aromatic heterocycles. The Bertz CT molecular complexity index is 677. The maximum absolute atomic E-state index is 5.49. The van der Waals surface area contributed by atoms with Crippen LogP contribution in [0.15, 0.2) is 24.3 Å². The molecule has 122 valence electrons. The molecule has 0 unspecified atom stereocenters. The van der Waals surface area contributed by atoms with Crippen molar-refractivity contribution in [1.29, 1.82) is 0 Å². The van der Waals surface area contributed by atoms with Gasteiger partial charge in [0.2, 0.25) is 0 Å². The number of hydrogen-bond donors (Lipinski definition) is 1. The lowest BCUT2D eigenvalue weighted by Crippen LogP contribution is -2.34. The number of imidazole rings is 1. The molecule has 5 nitrogen and oxygen atoms in total. The van der Waals surface area contributed by atoms with E-state index in [-0.39, 0.29) is 0 Å². The molecule has 0 bridgehead atoms. The molecule has 1 N–H and O–H groups in total. The molecule has 23 heavy (non-hydrogen) atoms. The molecule has 1 atom stereocenters. The molecule has 0 amide bonds. The van der Waals surface area contributed by atoms with E-state index in [2.05, 4.69) is 16.0 Å². The first-order valence-electron chi connectivity index (χ1n) is 8.34. The second-order valence-corrected chi connectivity index (χ2v) is 6.46. The molecule has 2 aliphatic heterocycles. The van der Waals surface area contributed by atoms with Gasteiger partial charge in [-0.3, -0.25) is 4.90 Å². The third-order valence-corrected chi connectivity index (χ3v) is 4.79. The molecule has 5 heteroatoms. The highest BCUT2D eigenvalue weighted by molar-refractivity contribution is 5.58. The summed E-state index contributed by atoms with van der Waals surface area (Å²) in [6, 6.07) is 8.05. The summed E-state index contributed by atoms with van der Waals surface area (Å²) in [7, 11) is 1.69. The minimum atomic E-state index is 0.692. The number of aromatic amines is 1. The quantitative estimate of drug-likeness (QED) is 0.942. The van der Waals surface area contributed by atoms with Crippen molar-refractivity contribution in [3.63, 3.8) is 0 Å². The molecule has 4 rings (SSSR count). The van der Waals surface area contributed by atoms with Crippen molar-refractivity contribution >= 4 is 0 Å². The van der Waals surface area contributed by atoms with Crippen LogP contribution in [-0.2, 0) is 17.7 Å². The van der Waals surface area contributed by atoms with Crippen LogP contribution in [0.5, 0.6) is 5.75 Å². The van der Waals surface area contributed by atoms with Gasteiger partial charge in [0.15, 0.2) is 0 Å². The van der Waals surface area contributed by atoms with E-state index >= 15 is 0 Å². The number of aromatic nitrogens is 2. The first kappa shape index (κ1) is 14.7. The first-order valence-corrected chi connectivity index (χ1v) is 8.34. The summed E-state index contributed by atoms with van der Waals surface area (Å²) in [6.45, 7) is 5.02. The zero-order chi connectivity index (χ0) is 15.6. The van der Waals surface area contributed by atoms with Crippen LogP contribution in [0.2, 0.25) is 0 Å². The Hall–Kier alpha value is -1.85. The molecule has 1 aromatic carbocycles. The monoisotopic (exact) mass is 313 g/mol. The van der Waals surface area contributed by atoms with Crippen LogP contribution in [0.3, 0.4) is 0 Å². The zero-order valence-electron chi connectivity index (χ0n) is 13.5. The van der Waals surface area contributed by atoms with Crippen LogP contribution >= 0.6 is 0 Å². The third kappa shape index (κ3) is 3.12. The molecular formula is C18H23N3O2. The van der Waals surface area contributed by atoms with Crippen molar-refractivity contribution in [3.8, 4) is 17.1 Å². The van der Waals surface area contributed by atoms with Crippen molar-refractivity contribution in [1.82, 2.24) is 14.9 Å². The van der Waals surface area contributed by atoms with Crippen LogP contribution in [-0.4, -0.2) is 48.3 Å². The molecular weight excluding hydrogens is 290 g/mol. The standard InChI is InChI=1S/C18H23N3O2/c1-22-15-4-2-3-14(9-15)18-19-16-5-7-21(11-17(16)20-18)10-13-6-8-23-12-13/h2-4,9,13H,5-8,10-12H2,1H3,(H,19,20)/t13-/m0/s1. The molecule has 0 spiro atoms. The van der Waals surface area contributed by atoms with Gasteiger partial charge >= 0.3 is 0 Å². The first-order chi connectivity index (χ1) is 11.3. The van der Waals surface area contributed by atoms with Crippen LogP contribution in [0.4, 0.5) is 0 Å². The molecule has 0 radical (unpaired) electrons. The SMILES string of the molecule is COc1cccc(-c2nc3c([nH]2)CN(C[C@@H]2CCOC2)CC3)c1. The molecule has 3 heterocycles. The van der Waals surface area contributed by atoms with Crippen molar-refractivity contribution in [2.75, 3.05) is 33.4 Å². The lowest BCUT2D eigenvalue weighted by Gasteiger charge is -2.27. The molecule has 0 saturated carbocycles. The van der Waals surface area contributed by atoms with Crippen molar-refractivity contribution in [2.45, 2.75) is 19.4 Å². The number of nitrogens with one attached hydrogen (secondary N) is 1. The number of hydrogen-bond acceptors (Lipinski definition) is 4. The van der Waals surface area contributed by atoms with Gasteiger partial charge in [-0.2, -0.15) is 0 Å². The average Bonchev–Trinajstić information content (AvgIpc) is 3.24. The summed E-state index contributed by atoms with van der Waals surface area (Å²) >= 11 is 0. The summed E-state index contributed by atoms with van der Waals surface area (Å²) in [6.07, 6.45) is 2.21. The topological polar surface area (TPSA) is 50.4 Å². The highest BCUT2D eigenvalue weighted by Crippen LogP contribution is 2.26. The van der Waals surface area contributed by atoms with Crippen LogP contribution in [0.1, 0.15) is 17.8 Å². The van der Waals surface area contributed by atoms with Crippen LogP contribution in [0.25, 0.3) is 11.4 Å². The van der Waals surface area contributed by atoms with E-state index in [4.69, 9.17) is 14.5 Å². The van der Waals surface area contributed by atoms with E-state index in [0.29, 0.717) is 5.92 Å². The second-order valence-electron chi connectivity index (χ2n) is 6.46. The Morgan fingerprint density at radius 1 is 1.43 bits per heavy atom. The number of methoxy groups -OCH3 is 1.